The normalized spacial score (nSPS) is 16.2. The maximum Gasteiger partial charge on any atom is 0.305 e. The van der Waals surface area contributed by atoms with Crippen LogP contribution in [0.1, 0.15) is 36.0 Å². The van der Waals surface area contributed by atoms with Crippen molar-refractivity contribution in [2.24, 2.45) is 0 Å². The van der Waals surface area contributed by atoms with Gasteiger partial charge < -0.3 is 9.47 Å². The lowest BCUT2D eigenvalue weighted by Gasteiger charge is -2.26. The first-order valence-corrected chi connectivity index (χ1v) is 8.93. The molecule has 136 valence electrons. The molecular formula is C21H20ClFO3. The van der Waals surface area contributed by atoms with Crippen molar-refractivity contribution in [1.82, 2.24) is 0 Å². The molecule has 0 N–H and O–H groups in total. The lowest BCUT2D eigenvalue weighted by atomic mass is 9.97. The van der Waals surface area contributed by atoms with Crippen LogP contribution in [0.2, 0.25) is 5.02 Å². The van der Waals surface area contributed by atoms with Crippen molar-refractivity contribution in [2.75, 3.05) is 7.11 Å². The zero-order chi connectivity index (χ0) is 18.5. The molecule has 2 aromatic rings. The number of hydrogen-bond acceptors (Lipinski definition) is 3. The predicted molar refractivity (Wildman–Crippen MR) is 101 cm³/mol. The van der Waals surface area contributed by atoms with Gasteiger partial charge in [-0.3, -0.25) is 4.79 Å². The van der Waals surface area contributed by atoms with Gasteiger partial charge in [0, 0.05) is 12.0 Å². The highest BCUT2D eigenvalue weighted by molar-refractivity contribution is 6.32. The van der Waals surface area contributed by atoms with Gasteiger partial charge in [0.2, 0.25) is 0 Å². The van der Waals surface area contributed by atoms with E-state index in [4.69, 9.17) is 16.3 Å². The van der Waals surface area contributed by atoms with E-state index in [1.807, 2.05) is 24.3 Å². The van der Waals surface area contributed by atoms with Gasteiger partial charge in [0.25, 0.3) is 0 Å². The summed E-state index contributed by atoms with van der Waals surface area (Å²) < 4.78 is 24.5. The molecule has 0 fully saturated rings. The quantitative estimate of drug-likeness (QED) is 0.526. The van der Waals surface area contributed by atoms with Gasteiger partial charge in [0.1, 0.15) is 11.6 Å². The molecule has 3 nitrogen and oxygen atoms in total. The second kappa shape index (κ2) is 8.37. The minimum Gasteiger partial charge on any atom is -0.490 e. The van der Waals surface area contributed by atoms with Gasteiger partial charge in [-0.05, 0) is 60.7 Å². The molecule has 0 spiro atoms. The van der Waals surface area contributed by atoms with Crippen LogP contribution in [0, 0.1) is 5.82 Å². The number of carbonyl (C=O) groups is 1. The third kappa shape index (κ3) is 4.44. The SMILES string of the molecule is COC(=O)CC[C@H]1CCc2cc(/C=C/c3c(F)cccc3Cl)ccc2O1. The molecule has 1 heterocycles. The molecule has 0 saturated heterocycles. The lowest BCUT2D eigenvalue weighted by Crippen LogP contribution is -2.23. The van der Waals surface area contributed by atoms with E-state index in [-0.39, 0.29) is 17.9 Å². The highest BCUT2D eigenvalue weighted by Gasteiger charge is 2.20. The van der Waals surface area contributed by atoms with Crippen molar-refractivity contribution in [3.8, 4) is 5.75 Å². The Morgan fingerprint density at radius 2 is 2.19 bits per heavy atom. The van der Waals surface area contributed by atoms with E-state index in [1.165, 1.54) is 13.2 Å². The summed E-state index contributed by atoms with van der Waals surface area (Å²) in [5.74, 6) is 0.280. The minimum absolute atomic E-state index is 0.0280. The van der Waals surface area contributed by atoms with Crippen LogP contribution in [-0.4, -0.2) is 19.2 Å². The first kappa shape index (κ1) is 18.5. The number of esters is 1. The summed E-state index contributed by atoms with van der Waals surface area (Å²) in [6, 6.07) is 10.5. The topological polar surface area (TPSA) is 35.5 Å². The molecule has 26 heavy (non-hydrogen) atoms. The average Bonchev–Trinajstić information content (AvgIpc) is 2.65. The third-order valence-electron chi connectivity index (χ3n) is 4.45. The molecule has 0 bridgehead atoms. The maximum atomic E-state index is 13.8. The van der Waals surface area contributed by atoms with E-state index in [0.29, 0.717) is 23.4 Å². The fourth-order valence-corrected chi connectivity index (χ4v) is 3.23. The number of fused-ring (bicyclic) bond motifs is 1. The average molecular weight is 375 g/mol. The molecule has 5 heteroatoms. The Kier molecular flexibility index (Phi) is 5.94. The van der Waals surface area contributed by atoms with Crippen LogP contribution < -0.4 is 4.74 Å². The van der Waals surface area contributed by atoms with Crippen molar-refractivity contribution >= 4 is 29.7 Å². The fourth-order valence-electron chi connectivity index (χ4n) is 3.00. The summed E-state index contributed by atoms with van der Waals surface area (Å²) in [5, 5.41) is 0.385. The van der Waals surface area contributed by atoms with Crippen LogP contribution >= 0.6 is 11.6 Å². The van der Waals surface area contributed by atoms with E-state index in [9.17, 15) is 9.18 Å². The van der Waals surface area contributed by atoms with Crippen LogP contribution in [-0.2, 0) is 16.0 Å². The Hall–Kier alpha value is -2.33. The summed E-state index contributed by atoms with van der Waals surface area (Å²) in [6.45, 7) is 0. The number of aryl methyl sites for hydroxylation is 1. The van der Waals surface area contributed by atoms with Crippen LogP contribution in [0.3, 0.4) is 0 Å². The Balaban J connectivity index is 1.69. The predicted octanol–water partition coefficient (Wildman–Crippen LogP) is 5.30. The Morgan fingerprint density at radius 1 is 1.35 bits per heavy atom. The maximum absolute atomic E-state index is 13.8. The Bertz CT molecular complexity index is 812. The second-order valence-corrected chi connectivity index (χ2v) is 6.64. The lowest BCUT2D eigenvalue weighted by molar-refractivity contribution is -0.141. The van der Waals surface area contributed by atoms with Crippen molar-refractivity contribution in [3.05, 3.63) is 63.9 Å². The smallest absolute Gasteiger partial charge is 0.305 e. The minimum atomic E-state index is -0.344. The van der Waals surface area contributed by atoms with Gasteiger partial charge in [-0.1, -0.05) is 29.8 Å². The van der Waals surface area contributed by atoms with Crippen molar-refractivity contribution in [1.29, 1.82) is 0 Å². The van der Waals surface area contributed by atoms with E-state index in [0.717, 1.165) is 29.7 Å². The Morgan fingerprint density at radius 3 is 2.96 bits per heavy atom. The van der Waals surface area contributed by atoms with Crippen molar-refractivity contribution < 1.29 is 18.7 Å². The van der Waals surface area contributed by atoms with E-state index in [2.05, 4.69) is 4.74 Å². The number of halogens is 2. The number of benzene rings is 2. The van der Waals surface area contributed by atoms with Crippen LogP contribution in [0.5, 0.6) is 5.75 Å². The molecule has 0 aromatic heterocycles. The molecule has 0 radical (unpaired) electrons. The summed E-state index contributed by atoms with van der Waals surface area (Å²) in [4.78, 5) is 11.3. The molecule has 1 aliphatic rings. The summed E-state index contributed by atoms with van der Waals surface area (Å²) in [5.41, 5.74) is 2.45. The highest BCUT2D eigenvalue weighted by Crippen LogP contribution is 2.31. The molecule has 1 aliphatic heterocycles. The molecular weight excluding hydrogens is 355 g/mol. The Labute approximate surface area is 157 Å². The van der Waals surface area contributed by atoms with Crippen LogP contribution in [0.4, 0.5) is 4.39 Å². The van der Waals surface area contributed by atoms with Crippen LogP contribution in [0.25, 0.3) is 12.2 Å². The van der Waals surface area contributed by atoms with Gasteiger partial charge in [-0.25, -0.2) is 4.39 Å². The van der Waals surface area contributed by atoms with Gasteiger partial charge in [0.05, 0.1) is 18.2 Å². The van der Waals surface area contributed by atoms with Crippen LogP contribution in [0.15, 0.2) is 36.4 Å². The molecule has 0 saturated carbocycles. The van der Waals surface area contributed by atoms with E-state index in [1.54, 1.807) is 18.2 Å². The largest absolute Gasteiger partial charge is 0.490 e. The summed E-state index contributed by atoms with van der Waals surface area (Å²) in [7, 11) is 1.39. The van der Waals surface area contributed by atoms with Gasteiger partial charge in [-0.15, -0.1) is 0 Å². The highest BCUT2D eigenvalue weighted by atomic mass is 35.5. The molecule has 0 unspecified atom stereocenters. The number of ether oxygens (including phenoxy) is 2. The first-order chi connectivity index (χ1) is 12.6. The van der Waals surface area contributed by atoms with E-state index >= 15 is 0 Å². The zero-order valence-electron chi connectivity index (χ0n) is 14.5. The van der Waals surface area contributed by atoms with E-state index < -0.39 is 0 Å². The van der Waals surface area contributed by atoms with Gasteiger partial charge in [-0.2, -0.15) is 0 Å². The molecule has 1 atom stereocenters. The fraction of sp³-hybridized carbons (Fsp3) is 0.286. The second-order valence-electron chi connectivity index (χ2n) is 6.23. The van der Waals surface area contributed by atoms with Crippen molar-refractivity contribution in [3.63, 3.8) is 0 Å². The summed E-state index contributed by atoms with van der Waals surface area (Å²) >= 11 is 6.05. The van der Waals surface area contributed by atoms with Crippen molar-refractivity contribution in [2.45, 2.75) is 31.8 Å². The number of rotatable bonds is 5. The number of carbonyl (C=O) groups excluding carboxylic acids is 1. The number of hydrogen-bond donors (Lipinski definition) is 0. The van der Waals surface area contributed by atoms with Gasteiger partial charge >= 0.3 is 5.97 Å². The molecule has 2 aromatic carbocycles. The monoisotopic (exact) mass is 374 g/mol. The first-order valence-electron chi connectivity index (χ1n) is 8.55. The summed E-state index contributed by atoms with van der Waals surface area (Å²) in [6.07, 6.45) is 6.30. The zero-order valence-corrected chi connectivity index (χ0v) is 15.3. The standard InChI is InChI=1S/C21H20ClFO3/c1-25-21(24)12-9-16-8-7-15-13-14(6-11-20(15)26-16)5-10-17-18(22)3-2-4-19(17)23/h2-6,10-11,13,16H,7-9,12H2,1H3/b10-5+/t16-/m1/s1. The molecule has 3 rings (SSSR count). The third-order valence-corrected chi connectivity index (χ3v) is 4.78. The molecule has 0 aliphatic carbocycles. The van der Waals surface area contributed by atoms with Gasteiger partial charge in [0.15, 0.2) is 0 Å². The number of methoxy groups -OCH3 is 1. The molecule has 0 amide bonds.